The fraction of sp³-hybridized carbons (Fsp3) is 0.455. The molecule has 0 aromatic heterocycles. The van der Waals surface area contributed by atoms with Crippen LogP contribution in [0.5, 0.6) is 0 Å². The van der Waals surface area contributed by atoms with Gasteiger partial charge < -0.3 is 0 Å². The van der Waals surface area contributed by atoms with Crippen molar-refractivity contribution in [1.82, 2.24) is 0 Å². The minimum absolute atomic E-state index is 0.257. The van der Waals surface area contributed by atoms with E-state index in [0.29, 0.717) is 0 Å². The summed E-state index contributed by atoms with van der Waals surface area (Å²) in [5.41, 5.74) is 1.90. The van der Waals surface area contributed by atoms with Crippen molar-refractivity contribution in [3.8, 4) is 0 Å². The molecule has 1 fully saturated rings. The summed E-state index contributed by atoms with van der Waals surface area (Å²) in [7, 11) is 0. The van der Waals surface area contributed by atoms with Crippen molar-refractivity contribution in [3.63, 3.8) is 0 Å². The Kier molecular flexibility index (Phi) is 2.05. The monoisotopic (exact) mass is 200 g/mol. The first-order valence-corrected chi connectivity index (χ1v) is 4.62. The van der Waals surface area contributed by atoms with Gasteiger partial charge in [0, 0.05) is 0 Å². The van der Waals surface area contributed by atoms with Crippen LogP contribution in [-0.4, -0.2) is 6.18 Å². The van der Waals surface area contributed by atoms with Crippen molar-refractivity contribution < 1.29 is 13.2 Å². The van der Waals surface area contributed by atoms with E-state index in [1.165, 1.54) is 0 Å². The summed E-state index contributed by atoms with van der Waals surface area (Å²) >= 11 is 0. The molecule has 1 saturated carbocycles. The Bertz CT molecular complexity index is 323. The molecule has 2 unspecified atom stereocenters. The molecule has 0 spiro atoms. The van der Waals surface area contributed by atoms with Crippen LogP contribution >= 0.6 is 0 Å². The van der Waals surface area contributed by atoms with E-state index in [0.717, 1.165) is 11.1 Å². The number of hydrogen-bond acceptors (Lipinski definition) is 0. The second-order valence-electron chi connectivity index (χ2n) is 3.90. The van der Waals surface area contributed by atoms with E-state index in [1.54, 1.807) is 12.1 Å². The minimum Gasteiger partial charge on any atom is -0.171 e. The second-order valence-corrected chi connectivity index (χ2v) is 3.90. The summed E-state index contributed by atoms with van der Waals surface area (Å²) in [5, 5.41) is 0. The van der Waals surface area contributed by atoms with E-state index >= 15 is 0 Å². The summed E-state index contributed by atoms with van der Waals surface area (Å²) in [5.74, 6) is -1.40. The van der Waals surface area contributed by atoms with Gasteiger partial charge in [-0.2, -0.15) is 13.2 Å². The number of rotatable bonds is 1. The molecule has 1 aliphatic rings. The quantitative estimate of drug-likeness (QED) is 0.649. The van der Waals surface area contributed by atoms with Crippen molar-refractivity contribution in [3.05, 3.63) is 35.4 Å². The molecule has 3 heteroatoms. The van der Waals surface area contributed by atoms with Gasteiger partial charge in [0.05, 0.1) is 5.92 Å². The zero-order chi connectivity index (χ0) is 10.3. The molecular formula is C11H11F3. The third-order valence-electron chi connectivity index (χ3n) is 2.72. The third kappa shape index (κ3) is 1.76. The minimum atomic E-state index is -4.02. The highest BCUT2D eigenvalue weighted by molar-refractivity contribution is 5.29. The lowest BCUT2D eigenvalue weighted by Gasteiger charge is -2.05. The van der Waals surface area contributed by atoms with Gasteiger partial charge in [-0.05, 0) is 24.8 Å². The summed E-state index contributed by atoms with van der Waals surface area (Å²) in [4.78, 5) is 0. The number of aryl methyl sites for hydroxylation is 1. The Hall–Kier alpha value is -0.990. The average molecular weight is 200 g/mol. The van der Waals surface area contributed by atoms with Crippen LogP contribution in [0.25, 0.3) is 0 Å². The lowest BCUT2D eigenvalue weighted by Crippen LogP contribution is -2.11. The van der Waals surface area contributed by atoms with Gasteiger partial charge in [-0.1, -0.05) is 29.8 Å². The van der Waals surface area contributed by atoms with Crippen molar-refractivity contribution in [1.29, 1.82) is 0 Å². The Morgan fingerprint density at radius 3 is 2.14 bits per heavy atom. The van der Waals surface area contributed by atoms with E-state index in [-0.39, 0.29) is 12.3 Å². The third-order valence-corrected chi connectivity index (χ3v) is 2.72. The Balaban J connectivity index is 2.10. The summed E-state index contributed by atoms with van der Waals surface area (Å²) < 4.78 is 36.8. The lowest BCUT2D eigenvalue weighted by atomic mass is 10.1. The van der Waals surface area contributed by atoms with E-state index in [1.807, 2.05) is 19.1 Å². The molecule has 0 N–H and O–H groups in total. The van der Waals surface area contributed by atoms with Crippen LogP contribution in [0, 0.1) is 12.8 Å². The van der Waals surface area contributed by atoms with Gasteiger partial charge in [-0.15, -0.1) is 0 Å². The van der Waals surface area contributed by atoms with Gasteiger partial charge in [-0.3, -0.25) is 0 Å². The molecule has 0 bridgehead atoms. The van der Waals surface area contributed by atoms with Crippen LogP contribution in [0.2, 0.25) is 0 Å². The van der Waals surface area contributed by atoms with E-state index in [2.05, 4.69) is 0 Å². The van der Waals surface area contributed by atoms with Crippen LogP contribution in [0.3, 0.4) is 0 Å². The molecule has 0 aliphatic heterocycles. The Morgan fingerprint density at radius 2 is 1.71 bits per heavy atom. The van der Waals surface area contributed by atoms with Crippen LogP contribution in [0.1, 0.15) is 23.5 Å². The molecule has 1 aliphatic carbocycles. The van der Waals surface area contributed by atoms with Crippen molar-refractivity contribution in [2.24, 2.45) is 5.92 Å². The maximum atomic E-state index is 12.3. The van der Waals surface area contributed by atoms with Gasteiger partial charge in [-0.25, -0.2) is 0 Å². The highest BCUT2D eigenvalue weighted by Gasteiger charge is 2.55. The zero-order valence-corrected chi connectivity index (χ0v) is 7.81. The molecule has 0 radical (unpaired) electrons. The maximum Gasteiger partial charge on any atom is 0.392 e. The molecule has 0 heterocycles. The van der Waals surface area contributed by atoms with Crippen molar-refractivity contribution >= 4 is 0 Å². The van der Waals surface area contributed by atoms with E-state index in [9.17, 15) is 13.2 Å². The highest BCUT2D eigenvalue weighted by Crippen LogP contribution is 2.55. The topological polar surface area (TPSA) is 0 Å². The molecule has 0 saturated heterocycles. The first-order valence-electron chi connectivity index (χ1n) is 4.62. The maximum absolute atomic E-state index is 12.3. The number of hydrogen-bond donors (Lipinski definition) is 0. The van der Waals surface area contributed by atoms with Gasteiger partial charge in [0.2, 0.25) is 0 Å². The standard InChI is InChI=1S/C11H11F3/c1-7-2-4-8(5-3-7)9-6-10(9)11(12,13)14/h2-5,9-10H,6H2,1H3. The fourth-order valence-corrected chi connectivity index (χ4v) is 1.74. The van der Waals surface area contributed by atoms with Gasteiger partial charge >= 0.3 is 6.18 Å². The smallest absolute Gasteiger partial charge is 0.171 e. The molecule has 0 amide bonds. The molecule has 2 rings (SSSR count). The predicted molar refractivity (Wildman–Crippen MR) is 48.1 cm³/mol. The zero-order valence-electron chi connectivity index (χ0n) is 7.81. The first kappa shape index (κ1) is 9.56. The van der Waals surface area contributed by atoms with E-state index < -0.39 is 12.1 Å². The Morgan fingerprint density at radius 1 is 1.14 bits per heavy atom. The number of alkyl halides is 3. The molecule has 2 atom stereocenters. The molecule has 1 aromatic rings. The van der Waals surface area contributed by atoms with Crippen molar-refractivity contribution in [2.45, 2.75) is 25.4 Å². The SMILES string of the molecule is Cc1ccc(C2CC2C(F)(F)F)cc1. The van der Waals surface area contributed by atoms with Crippen LogP contribution in [0.15, 0.2) is 24.3 Å². The molecule has 1 aromatic carbocycles. The molecular weight excluding hydrogens is 189 g/mol. The Labute approximate surface area is 80.7 Å². The average Bonchev–Trinajstić information content (AvgIpc) is 2.83. The predicted octanol–water partition coefficient (Wildman–Crippen LogP) is 3.66. The summed E-state index contributed by atoms with van der Waals surface area (Å²) in [6.45, 7) is 1.93. The van der Waals surface area contributed by atoms with Crippen molar-refractivity contribution in [2.75, 3.05) is 0 Å². The summed E-state index contributed by atoms with van der Waals surface area (Å²) in [6.07, 6.45) is -3.76. The highest BCUT2D eigenvalue weighted by atomic mass is 19.4. The van der Waals surface area contributed by atoms with Crippen LogP contribution in [-0.2, 0) is 0 Å². The number of halogens is 3. The van der Waals surface area contributed by atoms with E-state index in [4.69, 9.17) is 0 Å². The van der Waals surface area contributed by atoms with Gasteiger partial charge in [0.1, 0.15) is 0 Å². The lowest BCUT2D eigenvalue weighted by molar-refractivity contribution is -0.148. The fourth-order valence-electron chi connectivity index (χ4n) is 1.74. The molecule has 76 valence electrons. The van der Waals surface area contributed by atoms with Crippen LogP contribution in [0.4, 0.5) is 13.2 Å². The largest absolute Gasteiger partial charge is 0.392 e. The van der Waals surface area contributed by atoms with Crippen LogP contribution < -0.4 is 0 Å². The second kappa shape index (κ2) is 3.01. The molecule has 0 nitrogen and oxygen atoms in total. The normalized spacial score (nSPS) is 26.3. The summed E-state index contributed by atoms with van der Waals surface area (Å²) in [6, 6.07) is 7.32. The molecule has 14 heavy (non-hydrogen) atoms. The first-order chi connectivity index (χ1) is 6.48. The van der Waals surface area contributed by atoms with Gasteiger partial charge in [0.25, 0.3) is 0 Å². The van der Waals surface area contributed by atoms with Gasteiger partial charge in [0.15, 0.2) is 0 Å². The number of benzene rings is 1.